The van der Waals surface area contributed by atoms with E-state index < -0.39 is 0 Å². The van der Waals surface area contributed by atoms with E-state index in [4.69, 9.17) is 4.74 Å². The second-order valence-corrected chi connectivity index (χ2v) is 3.50. The van der Waals surface area contributed by atoms with Gasteiger partial charge in [-0.2, -0.15) is 0 Å². The van der Waals surface area contributed by atoms with Gasteiger partial charge in [0, 0.05) is 18.3 Å². The molecule has 1 N–H and O–H groups in total. The van der Waals surface area contributed by atoms with Gasteiger partial charge in [0.1, 0.15) is 0 Å². The number of hydrogen-bond acceptors (Lipinski definition) is 4. The van der Waals surface area contributed by atoms with Gasteiger partial charge in [-0.3, -0.25) is 4.98 Å². The Bertz CT molecular complexity index is 482. The lowest BCUT2D eigenvalue weighted by molar-refractivity contribution is 0.325. The number of aromatic nitrogens is 2. The fourth-order valence-electron chi connectivity index (χ4n) is 1.51. The summed E-state index contributed by atoms with van der Waals surface area (Å²) in [5, 5.41) is 3.08. The molecule has 2 aromatic rings. The van der Waals surface area contributed by atoms with Crippen molar-refractivity contribution in [3.8, 4) is 17.1 Å². The third-order valence-electron chi connectivity index (χ3n) is 2.37. The van der Waals surface area contributed by atoms with Crippen LogP contribution >= 0.6 is 0 Å². The minimum absolute atomic E-state index is 0.558. The van der Waals surface area contributed by atoms with Gasteiger partial charge in [0.05, 0.1) is 24.7 Å². The number of anilines is 1. The highest BCUT2D eigenvalue weighted by atomic mass is 16.5. The van der Waals surface area contributed by atoms with Crippen molar-refractivity contribution in [3.63, 3.8) is 0 Å². The summed E-state index contributed by atoms with van der Waals surface area (Å²) in [7, 11) is 1.89. The number of rotatable bonds is 4. The van der Waals surface area contributed by atoms with E-state index in [0.717, 1.165) is 16.9 Å². The monoisotopic (exact) mass is 229 g/mol. The van der Waals surface area contributed by atoms with Crippen LogP contribution in [0.1, 0.15) is 6.92 Å². The summed E-state index contributed by atoms with van der Waals surface area (Å²) < 4.78 is 5.33. The molecule has 0 radical (unpaired) electrons. The molecule has 0 aliphatic heterocycles. The number of benzene rings is 1. The van der Waals surface area contributed by atoms with Crippen LogP contribution in [0.2, 0.25) is 0 Å². The first-order chi connectivity index (χ1) is 8.33. The fourth-order valence-corrected chi connectivity index (χ4v) is 1.51. The standard InChI is InChI=1S/C13H15N3O/c1-3-17-13-9-15-8-12(16-13)10-4-6-11(14-2)7-5-10/h4-9,14H,3H2,1-2H3. The Kier molecular flexibility index (Phi) is 3.55. The van der Waals surface area contributed by atoms with E-state index in [2.05, 4.69) is 15.3 Å². The third kappa shape index (κ3) is 2.72. The van der Waals surface area contributed by atoms with Crippen molar-refractivity contribution in [3.05, 3.63) is 36.7 Å². The lowest BCUT2D eigenvalue weighted by Gasteiger charge is -2.05. The third-order valence-corrected chi connectivity index (χ3v) is 2.37. The molecule has 2 rings (SSSR count). The highest BCUT2D eigenvalue weighted by molar-refractivity contribution is 5.62. The van der Waals surface area contributed by atoms with Crippen molar-refractivity contribution in [1.82, 2.24) is 9.97 Å². The van der Waals surface area contributed by atoms with Gasteiger partial charge < -0.3 is 10.1 Å². The lowest BCUT2D eigenvalue weighted by atomic mass is 10.1. The van der Waals surface area contributed by atoms with Crippen LogP contribution in [0.5, 0.6) is 5.88 Å². The zero-order chi connectivity index (χ0) is 12.1. The van der Waals surface area contributed by atoms with Crippen LogP contribution in [0.4, 0.5) is 5.69 Å². The molecule has 0 amide bonds. The van der Waals surface area contributed by atoms with Crippen LogP contribution in [0.15, 0.2) is 36.7 Å². The van der Waals surface area contributed by atoms with Gasteiger partial charge in [0.15, 0.2) is 0 Å². The van der Waals surface area contributed by atoms with Gasteiger partial charge >= 0.3 is 0 Å². The van der Waals surface area contributed by atoms with E-state index in [0.29, 0.717) is 12.5 Å². The highest BCUT2D eigenvalue weighted by Crippen LogP contribution is 2.20. The number of nitrogens with zero attached hydrogens (tertiary/aromatic N) is 2. The Balaban J connectivity index is 2.28. The van der Waals surface area contributed by atoms with E-state index in [1.54, 1.807) is 12.4 Å². The average Bonchev–Trinajstić information content (AvgIpc) is 2.40. The van der Waals surface area contributed by atoms with E-state index in [1.165, 1.54) is 0 Å². The molecule has 0 atom stereocenters. The predicted octanol–water partition coefficient (Wildman–Crippen LogP) is 2.58. The molecule has 0 unspecified atom stereocenters. The van der Waals surface area contributed by atoms with Crippen molar-refractivity contribution in [2.75, 3.05) is 19.0 Å². The highest BCUT2D eigenvalue weighted by Gasteiger charge is 2.02. The molecule has 0 saturated heterocycles. The van der Waals surface area contributed by atoms with Crippen LogP contribution < -0.4 is 10.1 Å². The van der Waals surface area contributed by atoms with Crippen molar-refractivity contribution >= 4 is 5.69 Å². The van der Waals surface area contributed by atoms with Gasteiger partial charge in [-0.25, -0.2) is 4.98 Å². The molecule has 0 saturated carbocycles. The molecular weight excluding hydrogens is 214 g/mol. The maximum atomic E-state index is 5.33. The Hall–Kier alpha value is -2.10. The van der Waals surface area contributed by atoms with Crippen molar-refractivity contribution in [2.24, 2.45) is 0 Å². The molecule has 88 valence electrons. The van der Waals surface area contributed by atoms with Crippen LogP contribution in [-0.2, 0) is 0 Å². The molecule has 4 nitrogen and oxygen atoms in total. The van der Waals surface area contributed by atoms with Crippen LogP contribution in [0.3, 0.4) is 0 Å². The van der Waals surface area contributed by atoms with Crippen molar-refractivity contribution in [1.29, 1.82) is 0 Å². The van der Waals surface area contributed by atoms with Crippen molar-refractivity contribution in [2.45, 2.75) is 6.92 Å². The molecule has 0 aliphatic rings. The first-order valence-electron chi connectivity index (χ1n) is 5.56. The Morgan fingerprint density at radius 1 is 1.18 bits per heavy atom. The minimum Gasteiger partial charge on any atom is -0.477 e. The summed E-state index contributed by atoms with van der Waals surface area (Å²) in [6.07, 6.45) is 3.35. The molecule has 0 fully saturated rings. The van der Waals surface area contributed by atoms with Crippen LogP contribution in [-0.4, -0.2) is 23.6 Å². The molecule has 1 aromatic heterocycles. The quantitative estimate of drug-likeness (QED) is 0.875. The first kappa shape index (κ1) is 11.4. The fraction of sp³-hybridized carbons (Fsp3) is 0.231. The Morgan fingerprint density at radius 2 is 1.94 bits per heavy atom. The summed E-state index contributed by atoms with van der Waals surface area (Å²) in [5.74, 6) is 0.558. The summed E-state index contributed by atoms with van der Waals surface area (Å²) in [6, 6.07) is 8.02. The summed E-state index contributed by atoms with van der Waals surface area (Å²) in [6.45, 7) is 2.52. The van der Waals surface area contributed by atoms with Gasteiger partial charge in [0.2, 0.25) is 5.88 Å². The maximum absolute atomic E-state index is 5.33. The van der Waals surface area contributed by atoms with Crippen LogP contribution in [0, 0.1) is 0 Å². The zero-order valence-electron chi connectivity index (χ0n) is 9.97. The van der Waals surface area contributed by atoms with Crippen molar-refractivity contribution < 1.29 is 4.74 Å². The summed E-state index contributed by atoms with van der Waals surface area (Å²) in [4.78, 5) is 8.50. The number of hydrogen-bond donors (Lipinski definition) is 1. The van der Waals surface area contributed by atoms with Crippen LogP contribution in [0.25, 0.3) is 11.3 Å². The second kappa shape index (κ2) is 5.30. The minimum atomic E-state index is 0.558. The van der Waals surface area contributed by atoms with Gasteiger partial charge in [-0.05, 0) is 19.1 Å². The normalized spacial score (nSPS) is 10.0. The Morgan fingerprint density at radius 3 is 2.59 bits per heavy atom. The smallest absolute Gasteiger partial charge is 0.232 e. The second-order valence-electron chi connectivity index (χ2n) is 3.50. The lowest BCUT2D eigenvalue weighted by Crippen LogP contribution is -1.96. The summed E-state index contributed by atoms with van der Waals surface area (Å²) >= 11 is 0. The van der Waals surface area contributed by atoms with E-state index in [1.807, 2.05) is 38.2 Å². The molecule has 17 heavy (non-hydrogen) atoms. The van der Waals surface area contributed by atoms with E-state index in [9.17, 15) is 0 Å². The summed E-state index contributed by atoms with van der Waals surface area (Å²) in [5.41, 5.74) is 2.92. The van der Waals surface area contributed by atoms with E-state index in [-0.39, 0.29) is 0 Å². The molecule has 1 aromatic carbocycles. The maximum Gasteiger partial charge on any atom is 0.232 e. The topological polar surface area (TPSA) is 47.0 Å². The molecular formula is C13H15N3O. The zero-order valence-corrected chi connectivity index (χ0v) is 9.97. The largest absolute Gasteiger partial charge is 0.477 e. The Labute approximate surface area is 101 Å². The molecule has 4 heteroatoms. The number of ether oxygens (including phenoxy) is 1. The van der Waals surface area contributed by atoms with E-state index >= 15 is 0 Å². The van der Waals surface area contributed by atoms with Gasteiger partial charge in [-0.1, -0.05) is 12.1 Å². The molecule has 0 aliphatic carbocycles. The number of nitrogens with one attached hydrogen (secondary N) is 1. The SMILES string of the molecule is CCOc1cncc(-c2ccc(NC)cc2)n1. The average molecular weight is 229 g/mol. The predicted molar refractivity (Wildman–Crippen MR) is 68.2 cm³/mol. The van der Waals surface area contributed by atoms with Gasteiger partial charge in [0.25, 0.3) is 0 Å². The molecule has 0 spiro atoms. The molecule has 0 bridgehead atoms. The van der Waals surface area contributed by atoms with Gasteiger partial charge in [-0.15, -0.1) is 0 Å². The molecule has 1 heterocycles. The first-order valence-corrected chi connectivity index (χ1v) is 5.56.